The summed E-state index contributed by atoms with van der Waals surface area (Å²) in [4.78, 5) is 30.7. The van der Waals surface area contributed by atoms with Crippen LogP contribution < -0.4 is 11.2 Å². The van der Waals surface area contributed by atoms with Crippen LogP contribution in [0.15, 0.2) is 22.2 Å². The van der Waals surface area contributed by atoms with Crippen molar-refractivity contribution in [3.05, 3.63) is 39.3 Å². The molecule has 2 rings (SSSR count). The number of fused-ring (bicyclic) bond motifs is 1. The molecule has 0 saturated carbocycles. The molecule has 1 unspecified atom stereocenters. The Hall–Kier alpha value is -2.15. The Labute approximate surface area is 95.7 Å². The fourth-order valence-corrected chi connectivity index (χ4v) is 1.67. The first kappa shape index (κ1) is 11.3. The SMILES string of the molecule is C=CC(O)n1c(=O)c2[nH]c(C)nc2n(C)c1=O. The summed E-state index contributed by atoms with van der Waals surface area (Å²) < 4.78 is 1.92. The minimum atomic E-state index is -1.35. The Kier molecular flexibility index (Phi) is 2.47. The normalized spacial score (nSPS) is 12.9. The number of aliphatic hydroxyl groups excluding tert-OH is 1. The van der Waals surface area contributed by atoms with Gasteiger partial charge in [-0.05, 0) is 13.0 Å². The van der Waals surface area contributed by atoms with Crippen LogP contribution in [0.25, 0.3) is 11.2 Å². The van der Waals surface area contributed by atoms with Gasteiger partial charge in [0.1, 0.15) is 11.3 Å². The fraction of sp³-hybridized carbons (Fsp3) is 0.300. The molecule has 7 nitrogen and oxygen atoms in total. The molecular weight excluding hydrogens is 224 g/mol. The summed E-state index contributed by atoms with van der Waals surface area (Å²) in [6.45, 7) is 5.03. The highest BCUT2D eigenvalue weighted by Crippen LogP contribution is 2.05. The predicted molar refractivity (Wildman–Crippen MR) is 61.8 cm³/mol. The van der Waals surface area contributed by atoms with Crippen molar-refractivity contribution in [1.82, 2.24) is 19.1 Å². The molecule has 7 heteroatoms. The summed E-state index contributed by atoms with van der Waals surface area (Å²) in [5, 5.41) is 9.58. The highest BCUT2D eigenvalue weighted by atomic mass is 16.3. The lowest BCUT2D eigenvalue weighted by atomic mass is 10.4. The summed E-state index contributed by atoms with van der Waals surface area (Å²) in [5.41, 5.74) is -0.798. The van der Waals surface area contributed by atoms with Crippen molar-refractivity contribution in [2.75, 3.05) is 0 Å². The van der Waals surface area contributed by atoms with Crippen LogP contribution in [-0.2, 0) is 7.05 Å². The van der Waals surface area contributed by atoms with Crippen LogP contribution in [0.1, 0.15) is 12.1 Å². The van der Waals surface area contributed by atoms with E-state index in [9.17, 15) is 14.7 Å². The lowest BCUT2D eigenvalue weighted by molar-refractivity contribution is 0.144. The summed E-state index contributed by atoms with van der Waals surface area (Å²) in [7, 11) is 1.48. The van der Waals surface area contributed by atoms with Crippen LogP contribution in [0.3, 0.4) is 0 Å². The largest absolute Gasteiger partial charge is 0.369 e. The summed E-state index contributed by atoms with van der Waals surface area (Å²) in [5.74, 6) is 0.526. The fourth-order valence-electron chi connectivity index (χ4n) is 1.67. The summed E-state index contributed by atoms with van der Waals surface area (Å²) >= 11 is 0. The number of nitrogens with zero attached hydrogens (tertiary/aromatic N) is 3. The maximum absolute atomic E-state index is 12.0. The second-order valence-corrected chi connectivity index (χ2v) is 3.69. The maximum Gasteiger partial charge on any atom is 0.334 e. The van der Waals surface area contributed by atoms with Crippen LogP contribution in [0.4, 0.5) is 0 Å². The third-order valence-electron chi connectivity index (χ3n) is 2.52. The number of rotatable bonds is 2. The smallest absolute Gasteiger partial charge is 0.334 e. The first-order chi connectivity index (χ1) is 7.97. The molecule has 2 aromatic heterocycles. The van der Waals surface area contributed by atoms with Crippen LogP contribution in [0.2, 0.25) is 0 Å². The Balaban J connectivity index is 3.01. The number of aryl methyl sites for hydroxylation is 2. The van der Waals surface area contributed by atoms with E-state index in [1.54, 1.807) is 6.92 Å². The van der Waals surface area contributed by atoms with Gasteiger partial charge in [-0.25, -0.2) is 14.3 Å². The minimum absolute atomic E-state index is 0.186. The van der Waals surface area contributed by atoms with Crippen LogP contribution in [0.5, 0.6) is 0 Å². The van der Waals surface area contributed by atoms with E-state index in [0.717, 1.165) is 6.08 Å². The van der Waals surface area contributed by atoms with Gasteiger partial charge in [0, 0.05) is 7.05 Å². The third-order valence-corrected chi connectivity index (χ3v) is 2.52. The third kappa shape index (κ3) is 1.51. The van der Waals surface area contributed by atoms with E-state index in [1.807, 2.05) is 0 Å². The van der Waals surface area contributed by atoms with Crippen molar-refractivity contribution in [2.45, 2.75) is 13.2 Å². The van der Waals surface area contributed by atoms with Gasteiger partial charge in [0.05, 0.1) is 0 Å². The monoisotopic (exact) mass is 236 g/mol. The first-order valence-electron chi connectivity index (χ1n) is 4.96. The molecule has 0 saturated heterocycles. The number of hydrogen-bond acceptors (Lipinski definition) is 4. The Bertz CT molecular complexity index is 707. The van der Waals surface area contributed by atoms with E-state index in [-0.39, 0.29) is 11.2 Å². The highest BCUT2D eigenvalue weighted by molar-refractivity contribution is 5.69. The van der Waals surface area contributed by atoms with Crippen LogP contribution >= 0.6 is 0 Å². The number of H-pyrrole nitrogens is 1. The molecule has 0 radical (unpaired) electrons. The summed E-state index contributed by atoms with van der Waals surface area (Å²) in [6.07, 6.45) is -0.244. The van der Waals surface area contributed by atoms with Crippen molar-refractivity contribution in [3.8, 4) is 0 Å². The van der Waals surface area contributed by atoms with Crippen molar-refractivity contribution in [1.29, 1.82) is 0 Å². The molecule has 0 aromatic carbocycles. The topological polar surface area (TPSA) is 92.9 Å². The van der Waals surface area contributed by atoms with E-state index in [1.165, 1.54) is 11.6 Å². The molecule has 2 N–H and O–H groups in total. The molecule has 1 atom stereocenters. The minimum Gasteiger partial charge on any atom is -0.369 e. The number of hydrogen-bond donors (Lipinski definition) is 2. The van der Waals surface area contributed by atoms with Crippen molar-refractivity contribution < 1.29 is 5.11 Å². The zero-order chi connectivity index (χ0) is 12.7. The Morgan fingerprint density at radius 2 is 2.18 bits per heavy atom. The van der Waals surface area contributed by atoms with Crippen molar-refractivity contribution in [2.24, 2.45) is 7.05 Å². The number of aliphatic hydroxyl groups is 1. The van der Waals surface area contributed by atoms with E-state index in [4.69, 9.17) is 0 Å². The molecule has 0 aliphatic heterocycles. The standard InChI is InChI=1S/C10H12N4O3/c1-4-6(15)14-9(16)7-8(12-5(2)11-7)13(3)10(14)17/h4,6,15H,1H2,2-3H3,(H,11,12). The second-order valence-electron chi connectivity index (χ2n) is 3.69. The van der Waals surface area contributed by atoms with E-state index < -0.39 is 17.5 Å². The molecule has 0 aliphatic carbocycles. The molecule has 0 aliphatic rings. The highest BCUT2D eigenvalue weighted by Gasteiger charge is 2.17. The zero-order valence-electron chi connectivity index (χ0n) is 9.47. The van der Waals surface area contributed by atoms with E-state index in [0.29, 0.717) is 10.4 Å². The average molecular weight is 236 g/mol. The predicted octanol–water partition coefficient (Wildman–Crippen LogP) is -0.591. The molecular formula is C10H12N4O3. The number of nitrogens with one attached hydrogen (secondary N) is 1. The van der Waals surface area contributed by atoms with Gasteiger partial charge in [-0.2, -0.15) is 0 Å². The first-order valence-corrected chi connectivity index (χ1v) is 4.96. The van der Waals surface area contributed by atoms with Crippen molar-refractivity contribution >= 4 is 11.2 Å². The molecule has 17 heavy (non-hydrogen) atoms. The van der Waals surface area contributed by atoms with Gasteiger partial charge in [-0.15, -0.1) is 0 Å². The maximum atomic E-state index is 12.0. The lowest BCUT2D eigenvalue weighted by Gasteiger charge is -2.10. The zero-order valence-corrected chi connectivity index (χ0v) is 9.47. The van der Waals surface area contributed by atoms with E-state index >= 15 is 0 Å². The molecule has 0 amide bonds. The van der Waals surface area contributed by atoms with Crippen molar-refractivity contribution in [3.63, 3.8) is 0 Å². The Morgan fingerprint density at radius 1 is 1.53 bits per heavy atom. The van der Waals surface area contributed by atoms with Gasteiger partial charge in [0.2, 0.25) is 0 Å². The molecule has 2 aromatic rings. The number of aromatic amines is 1. The van der Waals surface area contributed by atoms with Gasteiger partial charge in [0.15, 0.2) is 11.9 Å². The van der Waals surface area contributed by atoms with Crippen LogP contribution in [0, 0.1) is 6.92 Å². The quantitative estimate of drug-likeness (QED) is 0.681. The molecule has 90 valence electrons. The van der Waals surface area contributed by atoms with Crippen LogP contribution in [-0.4, -0.2) is 24.2 Å². The summed E-state index contributed by atoms with van der Waals surface area (Å²) in [6, 6.07) is 0. The molecule has 2 heterocycles. The van der Waals surface area contributed by atoms with Gasteiger partial charge >= 0.3 is 5.69 Å². The number of aromatic nitrogens is 4. The second kappa shape index (κ2) is 3.70. The van der Waals surface area contributed by atoms with Gasteiger partial charge in [-0.1, -0.05) is 6.58 Å². The number of imidazole rings is 1. The van der Waals surface area contributed by atoms with E-state index in [2.05, 4.69) is 16.5 Å². The lowest BCUT2D eigenvalue weighted by Crippen LogP contribution is -2.41. The van der Waals surface area contributed by atoms with Gasteiger partial charge in [-0.3, -0.25) is 9.36 Å². The van der Waals surface area contributed by atoms with Gasteiger partial charge in [0.25, 0.3) is 5.56 Å². The Morgan fingerprint density at radius 3 is 2.76 bits per heavy atom. The average Bonchev–Trinajstić information content (AvgIpc) is 2.68. The molecule has 0 fully saturated rings. The molecule has 0 bridgehead atoms. The molecule has 0 spiro atoms. The van der Waals surface area contributed by atoms with Gasteiger partial charge < -0.3 is 10.1 Å².